The standard InChI is InChI=1S/C14H16N4O2/c1-9(2)10-4-3-5-11(8-10)16-13-7-6-12(18(19)20)14(15)17-13/h3-9H,1-2H3,(H3,15,16,17). The van der Waals surface area contributed by atoms with Gasteiger partial charge in [0, 0.05) is 11.8 Å². The molecule has 2 rings (SSSR count). The second-order valence-electron chi connectivity index (χ2n) is 4.76. The lowest BCUT2D eigenvalue weighted by molar-refractivity contribution is -0.384. The summed E-state index contributed by atoms with van der Waals surface area (Å²) in [5, 5.41) is 13.8. The highest BCUT2D eigenvalue weighted by molar-refractivity contribution is 5.63. The van der Waals surface area contributed by atoms with Gasteiger partial charge in [-0.25, -0.2) is 4.98 Å². The second kappa shape index (κ2) is 5.56. The Hall–Kier alpha value is -2.63. The molecule has 0 aliphatic rings. The molecule has 1 aromatic heterocycles. The number of hydrogen-bond donors (Lipinski definition) is 2. The van der Waals surface area contributed by atoms with Gasteiger partial charge < -0.3 is 11.1 Å². The summed E-state index contributed by atoms with van der Waals surface area (Å²) in [6.45, 7) is 4.22. The molecular formula is C14H16N4O2. The largest absolute Gasteiger partial charge is 0.378 e. The first-order valence-corrected chi connectivity index (χ1v) is 6.25. The topological polar surface area (TPSA) is 94.1 Å². The minimum absolute atomic E-state index is 0.0972. The Morgan fingerprint density at radius 2 is 2.05 bits per heavy atom. The van der Waals surface area contributed by atoms with Gasteiger partial charge in [0.1, 0.15) is 5.82 Å². The number of nitrogens with one attached hydrogen (secondary N) is 1. The smallest absolute Gasteiger partial charge is 0.311 e. The number of benzene rings is 1. The lowest BCUT2D eigenvalue weighted by Crippen LogP contribution is -2.01. The minimum Gasteiger partial charge on any atom is -0.378 e. The Morgan fingerprint density at radius 3 is 2.65 bits per heavy atom. The lowest BCUT2D eigenvalue weighted by atomic mass is 10.0. The predicted octanol–water partition coefficient (Wildman–Crippen LogP) is 3.44. The number of nitrogen functional groups attached to an aromatic ring is 1. The molecule has 0 fully saturated rings. The van der Waals surface area contributed by atoms with Gasteiger partial charge in [-0.05, 0) is 29.7 Å². The molecule has 0 saturated carbocycles. The van der Waals surface area contributed by atoms with E-state index < -0.39 is 4.92 Å². The van der Waals surface area contributed by atoms with Gasteiger partial charge in [0.15, 0.2) is 0 Å². The summed E-state index contributed by atoms with van der Waals surface area (Å²) in [5.74, 6) is 0.806. The van der Waals surface area contributed by atoms with Crippen LogP contribution in [0.1, 0.15) is 25.3 Å². The molecule has 0 radical (unpaired) electrons. The van der Waals surface area contributed by atoms with E-state index in [0.717, 1.165) is 5.69 Å². The molecule has 3 N–H and O–H groups in total. The number of nitrogens with zero attached hydrogens (tertiary/aromatic N) is 2. The van der Waals surface area contributed by atoms with Crippen LogP contribution in [0.25, 0.3) is 0 Å². The van der Waals surface area contributed by atoms with Crippen LogP contribution in [0.15, 0.2) is 36.4 Å². The first kappa shape index (κ1) is 13.8. The van der Waals surface area contributed by atoms with Gasteiger partial charge in [-0.1, -0.05) is 26.0 Å². The monoisotopic (exact) mass is 272 g/mol. The molecule has 0 amide bonds. The number of nitro groups is 1. The van der Waals surface area contributed by atoms with E-state index in [1.54, 1.807) is 0 Å². The Morgan fingerprint density at radius 1 is 1.30 bits per heavy atom. The van der Waals surface area contributed by atoms with Crippen molar-refractivity contribution < 1.29 is 4.92 Å². The molecular weight excluding hydrogens is 256 g/mol. The van der Waals surface area contributed by atoms with Crippen LogP contribution in [0.2, 0.25) is 0 Å². The molecule has 0 bridgehead atoms. The molecule has 0 unspecified atom stereocenters. The molecule has 0 saturated heterocycles. The maximum atomic E-state index is 10.7. The van der Waals surface area contributed by atoms with Crippen molar-refractivity contribution in [2.24, 2.45) is 0 Å². The summed E-state index contributed by atoms with van der Waals surface area (Å²) in [6.07, 6.45) is 0. The normalized spacial score (nSPS) is 10.6. The third-order valence-electron chi connectivity index (χ3n) is 2.92. The molecule has 104 valence electrons. The van der Waals surface area contributed by atoms with Crippen LogP contribution in [-0.2, 0) is 0 Å². The molecule has 0 atom stereocenters. The van der Waals surface area contributed by atoms with E-state index in [-0.39, 0.29) is 11.5 Å². The first-order chi connectivity index (χ1) is 9.47. The molecule has 2 aromatic rings. The fourth-order valence-electron chi connectivity index (χ4n) is 1.81. The maximum Gasteiger partial charge on any atom is 0.311 e. The van der Waals surface area contributed by atoms with E-state index in [9.17, 15) is 10.1 Å². The number of rotatable bonds is 4. The number of aromatic nitrogens is 1. The molecule has 1 heterocycles. The summed E-state index contributed by atoms with van der Waals surface area (Å²) in [5.41, 5.74) is 7.44. The number of nitrogens with two attached hydrogens (primary N) is 1. The van der Waals surface area contributed by atoms with Gasteiger partial charge in [0.05, 0.1) is 4.92 Å². The van der Waals surface area contributed by atoms with Crippen molar-refractivity contribution in [3.8, 4) is 0 Å². The van der Waals surface area contributed by atoms with E-state index in [2.05, 4.69) is 24.1 Å². The van der Waals surface area contributed by atoms with Crippen molar-refractivity contribution in [2.45, 2.75) is 19.8 Å². The van der Waals surface area contributed by atoms with E-state index >= 15 is 0 Å². The van der Waals surface area contributed by atoms with Gasteiger partial charge in [0.2, 0.25) is 5.82 Å². The van der Waals surface area contributed by atoms with E-state index in [1.165, 1.54) is 17.7 Å². The zero-order chi connectivity index (χ0) is 14.7. The lowest BCUT2D eigenvalue weighted by Gasteiger charge is -2.10. The summed E-state index contributed by atoms with van der Waals surface area (Å²) in [4.78, 5) is 14.1. The van der Waals surface area contributed by atoms with E-state index in [1.807, 2.05) is 24.3 Å². The van der Waals surface area contributed by atoms with Crippen LogP contribution in [-0.4, -0.2) is 9.91 Å². The average Bonchev–Trinajstić information content (AvgIpc) is 2.38. The molecule has 6 heteroatoms. The maximum absolute atomic E-state index is 10.7. The fraction of sp³-hybridized carbons (Fsp3) is 0.214. The zero-order valence-corrected chi connectivity index (χ0v) is 11.3. The zero-order valence-electron chi connectivity index (χ0n) is 11.3. The highest BCUT2D eigenvalue weighted by atomic mass is 16.6. The van der Waals surface area contributed by atoms with Crippen molar-refractivity contribution in [3.63, 3.8) is 0 Å². The Balaban J connectivity index is 2.24. The molecule has 6 nitrogen and oxygen atoms in total. The fourth-order valence-corrected chi connectivity index (χ4v) is 1.81. The molecule has 0 aliphatic heterocycles. The van der Waals surface area contributed by atoms with Crippen LogP contribution < -0.4 is 11.1 Å². The number of anilines is 3. The van der Waals surface area contributed by atoms with Gasteiger partial charge in [-0.15, -0.1) is 0 Å². The first-order valence-electron chi connectivity index (χ1n) is 6.25. The highest BCUT2D eigenvalue weighted by Crippen LogP contribution is 2.24. The summed E-state index contributed by atoms with van der Waals surface area (Å²) >= 11 is 0. The van der Waals surface area contributed by atoms with Crippen molar-refractivity contribution >= 4 is 23.0 Å². The third-order valence-corrected chi connectivity index (χ3v) is 2.92. The van der Waals surface area contributed by atoms with Crippen LogP contribution in [0.3, 0.4) is 0 Å². The van der Waals surface area contributed by atoms with Crippen LogP contribution in [0, 0.1) is 10.1 Å². The number of hydrogen-bond acceptors (Lipinski definition) is 5. The molecule has 0 spiro atoms. The van der Waals surface area contributed by atoms with Gasteiger partial charge >= 0.3 is 5.69 Å². The van der Waals surface area contributed by atoms with Gasteiger partial charge in [-0.2, -0.15) is 0 Å². The Labute approximate surface area is 116 Å². The van der Waals surface area contributed by atoms with Crippen molar-refractivity contribution in [3.05, 3.63) is 52.1 Å². The molecule has 20 heavy (non-hydrogen) atoms. The SMILES string of the molecule is CC(C)c1cccc(Nc2ccc([N+](=O)[O-])c(N)n2)c1. The van der Waals surface area contributed by atoms with Crippen molar-refractivity contribution in [2.75, 3.05) is 11.1 Å². The average molecular weight is 272 g/mol. The quantitative estimate of drug-likeness (QED) is 0.656. The van der Waals surface area contributed by atoms with Crippen LogP contribution >= 0.6 is 0 Å². The highest BCUT2D eigenvalue weighted by Gasteiger charge is 2.12. The summed E-state index contributed by atoms with van der Waals surface area (Å²) in [7, 11) is 0. The summed E-state index contributed by atoms with van der Waals surface area (Å²) in [6, 6.07) is 10.8. The Bertz CT molecular complexity index is 641. The van der Waals surface area contributed by atoms with Crippen molar-refractivity contribution in [1.29, 1.82) is 0 Å². The third kappa shape index (κ3) is 3.03. The van der Waals surface area contributed by atoms with Gasteiger partial charge in [0.25, 0.3) is 0 Å². The Kier molecular flexibility index (Phi) is 3.84. The van der Waals surface area contributed by atoms with Crippen LogP contribution in [0.4, 0.5) is 23.0 Å². The van der Waals surface area contributed by atoms with Crippen molar-refractivity contribution in [1.82, 2.24) is 4.98 Å². The molecule has 1 aromatic carbocycles. The summed E-state index contributed by atoms with van der Waals surface area (Å²) < 4.78 is 0. The number of pyridine rings is 1. The van der Waals surface area contributed by atoms with E-state index in [4.69, 9.17) is 5.73 Å². The predicted molar refractivity (Wildman–Crippen MR) is 79.1 cm³/mol. The molecule has 0 aliphatic carbocycles. The minimum atomic E-state index is -0.550. The van der Waals surface area contributed by atoms with E-state index in [0.29, 0.717) is 11.7 Å². The van der Waals surface area contributed by atoms with Gasteiger partial charge in [-0.3, -0.25) is 10.1 Å². The van der Waals surface area contributed by atoms with Crippen LogP contribution in [0.5, 0.6) is 0 Å². The second-order valence-corrected chi connectivity index (χ2v) is 4.76.